The van der Waals surface area contributed by atoms with E-state index in [1.165, 1.54) is 19.3 Å². The van der Waals surface area contributed by atoms with E-state index in [0.717, 1.165) is 44.9 Å². The van der Waals surface area contributed by atoms with Gasteiger partial charge in [-0.2, -0.15) is 0 Å². The van der Waals surface area contributed by atoms with Crippen LogP contribution in [0.25, 0.3) is 0 Å². The number of nitrogens with one attached hydrogen (secondary N) is 1. The SMILES string of the molecule is CCC(O)(CC)CN1CCC(CCNC)CC1. The van der Waals surface area contributed by atoms with Crippen LogP contribution in [0.5, 0.6) is 0 Å². The summed E-state index contributed by atoms with van der Waals surface area (Å²) in [7, 11) is 2.03. The van der Waals surface area contributed by atoms with Crippen molar-refractivity contribution in [3.05, 3.63) is 0 Å². The van der Waals surface area contributed by atoms with Gasteiger partial charge in [-0.1, -0.05) is 13.8 Å². The van der Waals surface area contributed by atoms with Gasteiger partial charge in [-0.3, -0.25) is 0 Å². The Morgan fingerprint density at radius 3 is 2.29 bits per heavy atom. The summed E-state index contributed by atoms with van der Waals surface area (Å²) in [6.07, 6.45) is 5.62. The minimum atomic E-state index is -0.461. The summed E-state index contributed by atoms with van der Waals surface area (Å²) < 4.78 is 0. The van der Waals surface area contributed by atoms with Crippen LogP contribution in [-0.4, -0.2) is 48.8 Å². The average molecular weight is 242 g/mol. The second-order valence-electron chi connectivity index (χ2n) is 5.54. The molecule has 0 spiro atoms. The molecule has 0 saturated carbocycles. The summed E-state index contributed by atoms with van der Waals surface area (Å²) in [5.41, 5.74) is -0.461. The van der Waals surface area contributed by atoms with Crippen molar-refractivity contribution < 1.29 is 5.11 Å². The zero-order valence-electron chi connectivity index (χ0n) is 11.8. The van der Waals surface area contributed by atoms with Crippen molar-refractivity contribution in [1.29, 1.82) is 0 Å². The molecular formula is C14H30N2O. The van der Waals surface area contributed by atoms with Crippen molar-refractivity contribution in [3.63, 3.8) is 0 Å². The first kappa shape index (κ1) is 14.9. The number of β-amino-alcohol motifs (C(OH)–C–C–N with tert-alkyl or cyclic N) is 1. The number of hydrogen-bond donors (Lipinski definition) is 2. The van der Waals surface area contributed by atoms with Crippen LogP contribution in [0.3, 0.4) is 0 Å². The zero-order chi connectivity index (χ0) is 12.7. The molecule has 0 radical (unpaired) electrons. The van der Waals surface area contributed by atoms with E-state index in [2.05, 4.69) is 24.1 Å². The van der Waals surface area contributed by atoms with Crippen LogP contribution in [0.4, 0.5) is 0 Å². The first-order valence-electron chi connectivity index (χ1n) is 7.23. The summed E-state index contributed by atoms with van der Waals surface area (Å²) in [5, 5.41) is 13.6. The number of piperidine rings is 1. The van der Waals surface area contributed by atoms with E-state index in [0.29, 0.717) is 0 Å². The maximum Gasteiger partial charge on any atom is 0.0768 e. The zero-order valence-corrected chi connectivity index (χ0v) is 11.8. The molecule has 0 aromatic heterocycles. The molecule has 3 nitrogen and oxygen atoms in total. The quantitative estimate of drug-likeness (QED) is 0.715. The molecule has 0 bridgehead atoms. The van der Waals surface area contributed by atoms with Gasteiger partial charge >= 0.3 is 0 Å². The molecule has 3 heteroatoms. The lowest BCUT2D eigenvalue weighted by Gasteiger charge is -2.37. The molecule has 1 heterocycles. The molecule has 0 aromatic rings. The Hall–Kier alpha value is -0.120. The van der Waals surface area contributed by atoms with Gasteiger partial charge < -0.3 is 15.3 Å². The van der Waals surface area contributed by atoms with Crippen molar-refractivity contribution in [2.24, 2.45) is 5.92 Å². The first-order valence-corrected chi connectivity index (χ1v) is 7.23. The van der Waals surface area contributed by atoms with Crippen molar-refractivity contribution in [1.82, 2.24) is 10.2 Å². The molecule has 1 rings (SSSR count). The van der Waals surface area contributed by atoms with Crippen LogP contribution < -0.4 is 5.32 Å². The predicted molar refractivity (Wildman–Crippen MR) is 73.2 cm³/mol. The second kappa shape index (κ2) is 7.34. The highest BCUT2D eigenvalue weighted by atomic mass is 16.3. The Morgan fingerprint density at radius 1 is 1.24 bits per heavy atom. The maximum atomic E-state index is 10.3. The highest BCUT2D eigenvalue weighted by Gasteiger charge is 2.28. The maximum absolute atomic E-state index is 10.3. The van der Waals surface area contributed by atoms with E-state index in [9.17, 15) is 5.11 Å². The molecule has 0 atom stereocenters. The summed E-state index contributed by atoms with van der Waals surface area (Å²) in [5.74, 6) is 0.884. The summed E-state index contributed by atoms with van der Waals surface area (Å²) in [4.78, 5) is 2.45. The van der Waals surface area contributed by atoms with Gasteiger partial charge in [0.1, 0.15) is 0 Å². The molecule has 0 aromatic carbocycles. The molecule has 102 valence electrons. The third-order valence-corrected chi connectivity index (χ3v) is 4.34. The van der Waals surface area contributed by atoms with Gasteiger partial charge in [0.05, 0.1) is 5.60 Å². The van der Waals surface area contributed by atoms with Crippen LogP contribution in [0.2, 0.25) is 0 Å². The second-order valence-corrected chi connectivity index (χ2v) is 5.54. The molecule has 1 fully saturated rings. The standard InChI is InChI=1S/C14H30N2O/c1-4-14(17,5-2)12-16-10-7-13(8-11-16)6-9-15-3/h13,15,17H,4-12H2,1-3H3. The monoisotopic (exact) mass is 242 g/mol. The Kier molecular flexibility index (Phi) is 6.45. The minimum absolute atomic E-state index is 0.461. The van der Waals surface area contributed by atoms with Gasteiger partial charge in [0.2, 0.25) is 0 Å². The summed E-state index contributed by atoms with van der Waals surface area (Å²) in [6.45, 7) is 8.50. The van der Waals surface area contributed by atoms with E-state index in [1.54, 1.807) is 0 Å². The van der Waals surface area contributed by atoms with Gasteiger partial charge in [-0.15, -0.1) is 0 Å². The number of aliphatic hydroxyl groups is 1. The van der Waals surface area contributed by atoms with Crippen molar-refractivity contribution in [2.45, 2.75) is 51.6 Å². The third-order valence-electron chi connectivity index (χ3n) is 4.34. The molecule has 1 aliphatic rings. The lowest BCUT2D eigenvalue weighted by molar-refractivity contribution is -0.0118. The predicted octanol–water partition coefficient (Wildman–Crippen LogP) is 1.86. The Morgan fingerprint density at radius 2 is 1.82 bits per heavy atom. The molecule has 2 N–H and O–H groups in total. The highest BCUT2D eigenvalue weighted by molar-refractivity contribution is 4.82. The van der Waals surface area contributed by atoms with Gasteiger partial charge in [-0.05, 0) is 64.7 Å². The fraction of sp³-hybridized carbons (Fsp3) is 1.00. The van der Waals surface area contributed by atoms with E-state index in [4.69, 9.17) is 0 Å². The lowest BCUT2D eigenvalue weighted by atomic mass is 9.91. The van der Waals surface area contributed by atoms with Crippen LogP contribution in [0, 0.1) is 5.92 Å². The number of likely N-dealkylation sites (tertiary alicyclic amines) is 1. The molecule has 0 aliphatic carbocycles. The summed E-state index contributed by atoms with van der Waals surface area (Å²) >= 11 is 0. The fourth-order valence-corrected chi connectivity index (χ4v) is 2.67. The Bertz CT molecular complexity index is 196. The fourth-order valence-electron chi connectivity index (χ4n) is 2.67. The topological polar surface area (TPSA) is 35.5 Å². The van der Waals surface area contributed by atoms with Crippen molar-refractivity contribution in [2.75, 3.05) is 33.2 Å². The van der Waals surface area contributed by atoms with Crippen LogP contribution >= 0.6 is 0 Å². The van der Waals surface area contributed by atoms with Crippen molar-refractivity contribution >= 4 is 0 Å². The molecule has 17 heavy (non-hydrogen) atoms. The van der Waals surface area contributed by atoms with Crippen LogP contribution in [0.1, 0.15) is 46.0 Å². The Balaban J connectivity index is 2.27. The smallest absolute Gasteiger partial charge is 0.0768 e. The number of hydrogen-bond acceptors (Lipinski definition) is 3. The molecule has 0 unspecified atom stereocenters. The Labute approximate surface area is 107 Å². The highest BCUT2D eigenvalue weighted by Crippen LogP contribution is 2.23. The van der Waals surface area contributed by atoms with E-state index in [-0.39, 0.29) is 0 Å². The van der Waals surface area contributed by atoms with Crippen LogP contribution in [0.15, 0.2) is 0 Å². The van der Waals surface area contributed by atoms with Crippen LogP contribution in [-0.2, 0) is 0 Å². The van der Waals surface area contributed by atoms with Gasteiger partial charge in [0.15, 0.2) is 0 Å². The normalized spacial score (nSPS) is 19.8. The largest absolute Gasteiger partial charge is 0.389 e. The van der Waals surface area contributed by atoms with Crippen molar-refractivity contribution in [3.8, 4) is 0 Å². The summed E-state index contributed by atoms with van der Waals surface area (Å²) in [6, 6.07) is 0. The van der Waals surface area contributed by atoms with Gasteiger partial charge in [0.25, 0.3) is 0 Å². The van der Waals surface area contributed by atoms with Gasteiger partial charge in [0, 0.05) is 6.54 Å². The number of rotatable bonds is 7. The van der Waals surface area contributed by atoms with Gasteiger partial charge in [-0.25, -0.2) is 0 Å². The van der Waals surface area contributed by atoms with E-state index in [1.807, 2.05) is 7.05 Å². The third kappa shape index (κ3) is 4.94. The molecule has 1 saturated heterocycles. The number of nitrogens with zero attached hydrogens (tertiary/aromatic N) is 1. The van der Waals surface area contributed by atoms with E-state index < -0.39 is 5.60 Å². The van der Waals surface area contributed by atoms with E-state index >= 15 is 0 Å². The molecule has 1 aliphatic heterocycles. The first-order chi connectivity index (χ1) is 8.13. The minimum Gasteiger partial charge on any atom is -0.389 e. The molecule has 0 amide bonds. The lowest BCUT2D eigenvalue weighted by Crippen LogP contribution is -2.45. The average Bonchev–Trinajstić information content (AvgIpc) is 2.38. The molecular weight excluding hydrogens is 212 g/mol.